The maximum atomic E-state index is 12.0. The van der Waals surface area contributed by atoms with E-state index in [1.165, 1.54) is 11.2 Å². The van der Waals surface area contributed by atoms with Gasteiger partial charge >= 0.3 is 0 Å². The van der Waals surface area contributed by atoms with Crippen LogP contribution in [0.25, 0.3) is 0 Å². The van der Waals surface area contributed by atoms with E-state index in [4.69, 9.17) is 5.26 Å². The van der Waals surface area contributed by atoms with Crippen molar-refractivity contribution in [2.24, 2.45) is 5.41 Å². The summed E-state index contributed by atoms with van der Waals surface area (Å²) in [4.78, 5) is 0. The van der Waals surface area contributed by atoms with Crippen molar-refractivity contribution in [3.63, 3.8) is 0 Å². The molecule has 0 aromatic heterocycles. The SMILES string of the molecule is CCC1(CC)CCN(S(=O)(=O)C(C)C#N)C1. The highest BCUT2D eigenvalue weighted by atomic mass is 32.2. The Balaban J connectivity index is 2.85. The Morgan fingerprint density at radius 3 is 2.38 bits per heavy atom. The fourth-order valence-corrected chi connectivity index (χ4v) is 3.61. The van der Waals surface area contributed by atoms with Crippen molar-refractivity contribution < 1.29 is 8.42 Å². The van der Waals surface area contributed by atoms with Gasteiger partial charge in [-0.05, 0) is 31.6 Å². The molecule has 16 heavy (non-hydrogen) atoms. The molecule has 1 aliphatic heterocycles. The average Bonchev–Trinajstić information content (AvgIpc) is 2.73. The molecular formula is C11H20N2O2S. The van der Waals surface area contributed by atoms with Gasteiger partial charge in [-0.1, -0.05) is 13.8 Å². The second-order valence-electron chi connectivity index (χ2n) is 4.61. The van der Waals surface area contributed by atoms with Crippen LogP contribution in [0.4, 0.5) is 0 Å². The summed E-state index contributed by atoms with van der Waals surface area (Å²) >= 11 is 0. The van der Waals surface area contributed by atoms with Crippen molar-refractivity contribution in [1.29, 1.82) is 5.26 Å². The first-order valence-electron chi connectivity index (χ1n) is 5.80. The molecule has 0 radical (unpaired) electrons. The largest absolute Gasteiger partial charge is 0.230 e. The van der Waals surface area contributed by atoms with Gasteiger partial charge in [-0.3, -0.25) is 0 Å². The number of nitrogens with zero attached hydrogens (tertiary/aromatic N) is 2. The van der Waals surface area contributed by atoms with E-state index < -0.39 is 15.3 Å². The monoisotopic (exact) mass is 244 g/mol. The van der Waals surface area contributed by atoms with Gasteiger partial charge in [-0.2, -0.15) is 5.26 Å². The van der Waals surface area contributed by atoms with Gasteiger partial charge in [-0.15, -0.1) is 0 Å². The van der Waals surface area contributed by atoms with E-state index in [1.54, 1.807) is 0 Å². The topological polar surface area (TPSA) is 61.2 Å². The van der Waals surface area contributed by atoms with E-state index in [-0.39, 0.29) is 5.41 Å². The molecule has 0 aromatic carbocycles. The van der Waals surface area contributed by atoms with Gasteiger partial charge in [0, 0.05) is 13.1 Å². The highest BCUT2D eigenvalue weighted by molar-refractivity contribution is 7.89. The lowest BCUT2D eigenvalue weighted by molar-refractivity contribution is 0.279. The van der Waals surface area contributed by atoms with Gasteiger partial charge in [0.2, 0.25) is 10.0 Å². The minimum Gasteiger partial charge on any atom is -0.211 e. The molecule has 1 heterocycles. The first-order valence-corrected chi connectivity index (χ1v) is 7.31. The summed E-state index contributed by atoms with van der Waals surface area (Å²) in [6, 6.07) is 1.82. The van der Waals surface area contributed by atoms with Crippen LogP contribution < -0.4 is 0 Å². The van der Waals surface area contributed by atoms with Gasteiger partial charge in [0.05, 0.1) is 6.07 Å². The molecule has 5 heteroatoms. The van der Waals surface area contributed by atoms with E-state index in [0.29, 0.717) is 13.1 Å². The van der Waals surface area contributed by atoms with Crippen LogP contribution in [0.1, 0.15) is 40.0 Å². The maximum absolute atomic E-state index is 12.0. The second-order valence-corrected chi connectivity index (χ2v) is 6.86. The summed E-state index contributed by atoms with van der Waals surface area (Å²) in [7, 11) is -3.41. The van der Waals surface area contributed by atoms with Crippen LogP contribution in [0.15, 0.2) is 0 Å². The lowest BCUT2D eigenvalue weighted by atomic mass is 9.82. The molecule has 1 fully saturated rings. The standard InChI is InChI=1S/C11H20N2O2S/c1-4-11(5-2)6-7-13(9-11)16(14,15)10(3)8-12/h10H,4-7,9H2,1-3H3. The van der Waals surface area contributed by atoms with Crippen LogP contribution in [0.5, 0.6) is 0 Å². The Morgan fingerprint density at radius 2 is 2.00 bits per heavy atom. The molecule has 1 aliphatic rings. The number of rotatable bonds is 4. The van der Waals surface area contributed by atoms with Gasteiger partial charge in [-0.25, -0.2) is 12.7 Å². The molecule has 1 rings (SSSR count). The van der Waals surface area contributed by atoms with E-state index in [2.05, 4.69) is 13.8 Å². The van der Waals surface area contributed by atoms with Crippen LogP contribution in [-0.4, -0.2) is 31.1 Å². The summed E-state index contributed by atoms with van der Waals surface area (Å²) in [5.41, 5.74) is 0.127. The Labute approximate surface area is 98.3 Å². The highest BCUT2D eigenvalue weighted by Crippen LogP contribution is 2.38. The summed E-state index contributed by atoms with van der Waals surface area (Å²) in [6.45, 7) is 6.80. The quantitative estimate of drug-likeness (QED) is 0.756. The minimum absolute atomic E-state index is 0.127. The van der Waals surface area contributed by atoms with Crippen LogP contribution in [0, 0.1) is 16.7 Å². The maximum Gasteiger partial charge on any atom is 0.230 e. The lowest BCUT2D eigenvalue weighted by Gasteiger charge is -2.26. The van der Waals surface area contributed by atoms with Crippen LogP contribution in [0.2, 0.25) is 0 Å². The van der Waals surface area contributed by atoms with Crippen molar-refractivity contribution in [1.82, 2.24) is 4.31 Å². The number of nitriles is 1. The van der Waals surface area contributed by atoms with Crippen molar-refractivity contribution in [3.8, 4) is 6.07 Å². The fourth-order valence-electron chi connectivity index (χ4n) is 2.23. The van der Waals surface area contributed by atoms with Crippen molar-refractivity contribution >= 4 is 10.0 Å². The predicted molar refractivity (Wildman–Crippen MR) is 63.2 cm³/mol. The molecule has 0 N–H and O–H groups in total. The second kappa shape index (κ2) is 4.72. The normalized spacial score (nSPS) is 22.9. The van der Waals surface area contributed by atoms with Crippen molar-refractivity contribution in [2.45, 2.75) is 45.3 Å². The smallest absolute Gasteiger partial charge is 0.211 e. The summed E-state index contributed by atoms with van der Waals surface area (Å²) in [6.07, 6.45) is 2.91. The van der Waals surface area contributed by atoms with Crippen molar-refractivity contribution in [3.05, 3.63) is 0 Å². The van der Waals surface area contributed by atoms with Gasteiger partial charge in [0.15, 0.2) is 5.25 Å². The molecule has 1 saturated heterocycles. The molecule has 1 unspecified atom stereocenters. The van der Waals surface area contributed by atoms with E-state index in [0.717, 1.165) is 19.3 Å². The van der Waals surface area contributed by atoms with Gasteiger partial charge in [0.25, 0.3) is 0 Å². The molecule has 0 aliphatic carbocycles. The van der Waals surface area contributed by atoms with Crippen LogP contribution >= 0.6 is 0 Å². The third-order valence-electron chi connectivity index (χ3n) is 3.89. The molecule has 0 spiro atoms. The molecular weight excluding hydrogens is 224 g/mol. The van der Waals surface area contributed by atoms with E-state index >= 15 is 0 Å². The fraction of sp³-hybridized carbons (Fsp3) is 0.909. The summed E-state index contributed by atoms with van der Waals surface area (Å²) < 4.78 is 25.5. The first kappa shape index (κ1) is 13.5. The molecule has 4 nitrogen and oxygen atoms in total. The third-order valence-corrected chi connectivity index (χ3v) is 5.92. The van der Waals surface area contributed by atoms with Gasteiger partial charge in [0.1, 0.15) is 0 Å². The van der Waals surface area contributed by atoms with Crippen LogP contribution in [0.3, 0.4) is 0 Å². The lowest BCUT2D eigenvalue weighted by Crippen LogP contribution is -2.37. The Morgan fingerprint density at radius 1 is 1.44 bits per heavy atom. The van der Waals surface area contributed by atoms with E-state index in [1.807, 2.05) is 6.07 Å². The highest BCUT2D eigenvalue weighted by Gasteiger charge is 2.41. The number of sulfonamides is 1. The number of hydrogen-bond acceptors (Lipinski definition) is 3. The van der Waals surface area contributed by atoms with E-state index in [9.17, 15) is 8.42 Å². The molecule has 0 amide bonds. The zero-order chi connectivity index (χ0) is 12.4. The minimum atomic E-state index is -3.41. The van der Waals surface area contributed by atoms with Crippen molar-refractivity contribution in [2.75, 3.05) is 13.1 Å². The average molecular weight is 244 g/mol. The number of hydrogen-bond donors (Lipinski definition) is 0. The Kier molecular flexibility index (Phi) is 3.97. The zero-order valence-electron chi connectivity index (χ0n) is 10.2. The molecule has 1 atom stereocenters. The molecule has 0 bridgehead atoms. The zero-order valence-corrected chi connectivity index (χ0v) is 11.0. The summed E-state index contributed by atoms with van der Waals surface area (Å²) in [5.74, 6) is 0. The summed E-state index contributed by atoms with van der Waals surface area (Å²) in [5, 5.41) is 7.79. The third kappa shape index (κ3) is 2.23. The molecule has 0 aromatic rings. The van der Waals surface area contributed by atoms with Gasteiger partial charge < -0.3 is 0 Å². The predicted octanol–water partition coefficient (Wildman–Crippen LogP) is 1.74. The first-order chi connectivity index (χ1) is 7.41. The Bertz CT molecular complexity index is 379. The van der Waals surface area contributed by atoms with Crippen LogP contribution in [-0.2, 0) is 10.0 Å². The molecule has 92 valence electrons. The Hall–Kier alpha value is -0.600. The molecule has 0 saturated carbocycles.